The number of aromatic nitrogens is 2. The van der Waals surface area contributed by atoms with Gasteiger partial charge in [0.05, 0.1) is 0 Å². The Hall–Kier alpha value is -1.69. The summed E-state index contributed by atoms with van der Waals surface area (Å²) < 4.78 is 8.63. The van der Waals surface area contributed by atoms with Crippen molar-refractivity contribution in [1.29, 1.82) is 0 Å². The molecule has 1 N–H and O–H groups in total. The van der Waals surface area contributed by atoms with E-state index in [2.05, 4.69) is 14.8 Å². The van der Waals surface area contributed by atoms with Crippen LogP contribution in [0.1, 0.15) is 15.4 Å². The number of nitrogens with zero attached hydrogens (tertiary/aromatic N) is 2. The molecule has 0 saturated carbocycles. The second-order valence-corrected chi connectivity index (χ2v) is 3.49. The third-order valence-electron chi connectivity index (χ3n) is 1.53. The lowest BCUT2D eigenvalue weighted by Crippen LogP contribution is -2.10. The van der Waals surface area contributed by atoms with E-state index in [4.69, 9.17) is 4.52 Å². The predicted octanol–water partition coefficient (Wildman–Crippen LogP) is 1.69. The Balaban J connectivity index is 2.09. The van der Waals surface area contributed by atoms with Gasteiger partial charge in [-0.1, -0.05) is 5.16 Å². The van der Waals surface area contributed by atoms with Crippen LogP contribution in [0.2, 0.25) is 0 Å². The number of carbonyl (C=O) groups excluding carboxylic acids is 1. The molecular weight excluding hydrogens is 202 g/mol. The van der Waals surface area contributed by atoms with Gasteiger partial charge in [0.25, 0.3) is 5.91 Å². The van der Waals surface area contributed by atoms with Crippen LogP contribution in [0.15, 0.2) is 22.9 Å². The summed E-state index contributed by atoms with van der Waals surface area (Å²) >= 11 is 1.14. The Morgan fingerprint density at radius 1 is 1.64 bits per heavy atom. The summed E-state index contributed by atoms with van der Waals surface area (Å²) in [6.07, 6.45) is 1.58. The van der Waals surface area contributed by atoms with E-state index in [9.17, 15) is 4.79 Å². The molecule has 0 aliphatic heterocycles. The van der Waals surface area contributed by atoms with Crippen molar-refractivity contribution in [1.82, 2.24) is 9.53 Å². The molecule has 72 valence electrons. The topological polar surface area (TPSA) is 68.0 Å². The molecule has 14 heavy (non-hydrogen) atoms. The molecule has 0 saturated heterocycles. The van der Waals surface area contributed by atoms with Gasteiger partial charge in [0.1, 0.15) is 10.6 Å². The van der Waals surface area contributed by atoms with Crippen LogP contribution in [0.3, 0.4) is 0 Å². The van der Waals surface area contributed by atoms with Crippen molar-refractivity contribution in [2.24, 2.45) is 0 Å². The molecular formula is C8H7N3O2S. The Bertz CT molecular complexity index is 435. The summed E-state index contributed by atoms with van der Waals surface area (Å²) in [5, 5.41) is 6.23. The van der Waals surface area contributed by atoms with Gasteiger partial charge in [0.15, 0.2) is 5.82 Å². The molecule has 0 aromatic carbocycles. The van der Waals surface area contributed by atoms with Gasteiger partial charge in [-0.3, -0.25) is 4.79 Å². The van der Waals surface area contributed by atoms with Gasteiger partial charge in [-0.2, -0.15) is 0 Å². The van der Waals surface area contributed by atoms with Gasteiger partial charge < -0.3 is 9.84 Å². The summed E-state index contributed by atoms with van der Waals surface area (Å²) in [5.41, 5.74) is 0. The van der Waals surface area contributed by atoms with Crippen LogP contribution in [0.5, 0.6) is 0 Å². The Morgan fingerprint density at radius 3 is 3.07 bits per heavy atom. The number of rotatable bonds is 2. The minimum absolute atomic E-state index is 0.221. The highest BCUT2D eigenvalue weighted by molar-refractivity contribution is 7.08. The SMILES string of the molecule is Cc1cc(NC(=O)c2ccns2)no1. The maximum atomic E-state index is 11.5. The van der Waals surface area contributed by atoms with Crippen molar-refractivity contribution in [2.75, 3.05) is 5.32 Å². The van der Waals surface area contributed by atoms with E-state index >= 15 is 0 Å². The van der Waals surface area contributed by atoms with Gasteiger partial charge in [-0.15, -0.1) is 0 Å². The standard InChI is InChI=1S/C8H7N3O2S/c1-5-4-7(11-13-5)10-8(12)6-2-3-9-14-6/h2-4H,1H3,(H,10,11,12). The number of nitrogens with one attached hydrogen (secondary N) is 1. The third kappa shape index (κ3) is 1.80. The molecule has 0 bridgehead atoms. The normalized spacial score (nSPS) is 10.1. The maximum Gasteiger partial charge on any atom is 0.268 e. The second kappa shape index (κ2) is 3.59. The van der Waals surface area contributed by atoms with E-state index < -0.39 is 0 Å². The van der Waals surface area contributed by atoms with E-state index in [-0.39, 0.29) is 5.91 Å². The molecule has 0 atom stereocenters. The molecule has 0 spiro atoms. The molecule has 0 aliphatic carbocycles. The van der Waals surface area contributed by atoms with Gasteiger partial charge in [0, 0.05) is 12.3 Å². The second-order valence-electron chi connectivity index (χ2n) is 2.65. The zero-order valence-electron chi connectivity index (χ0n) is 7.35. The molecule has 6 heteroatoms. The summed E-state index contributed by atoms with van der Waals surface area (Å²) in [6, 6.07) is 3.30. The number of carbonyl (C=O) groups is 1. The van der Waals surface area contributed by atoms with Crippen molar-refractivity contribution in [3.8, 4) is 0 Å². The van der Waals surface area contributed by atoms with Crippen LogP contribution in [0.25, 0.3) is 0 Å². The van der Waals surface area contributed by atoms with Crippen molar-refractivity contribution in [3.63, 3.8) is 0 Å². The fourth-order valence-corrected chi connectivity index (χ4v) is 1.43. The first kappa shape index (κ1) is 8.89. The highest BCUT2D eigenvalue weighted by atomic mass is 32.1. The highest BCUT2D eigenvalue weighted by Gasteiger charge is 2.09. The van der Waals surface area contributed by atoms with Crippen LogP contribution in [0, 0.1) is 6.92 Å². The van der Waals surface area contributed by atoms with Crippen LogP contribution in [-0.2, 0) is 0 Å². The molecule has 0 radical (unpaired) electrons. The minimum Gasteiger partial charge on any atom is -0.360 e. The average molecular weight is 209 g/mol. The lowest BCUT2D eigenvalue weighted by molar-refractivity contribution is 0.102. The smallest absolute Gasteiger partial charge is 0.268 e. The predicted molar refractivity (Wildman–Crippen MR) is 51.3 cm³/mol. The van der Waals surface area contributed by atoms with Crippen molar-refractivity contribution in [3.05, 3.63) is 29.0 Å². The number of anilines is 1. The molecule has 5 nitrogen and oxygen atoms in total. The molecule has 2 aromatic heterocycles. The molecule has 0 unspecified atom stereocenters. The van der Waals surface area contributed by atoms with Gasteiger partial charge in [-0.25, -0.2) is 4.37 Å². The van der Waals surface area contributed by atoms with Crippen LogP contribution in [-0.4, -0.2) is 15.4 Å². The van der Waals surface area contributed by atoms with E-state index in [0.717, 1.165) is 11.5 Å². The number of aryl methyl sites for hydroxylation is 1. The summed E-state index contributed by atoms with van der Waals surface area (Å²) in [7, 11) is 0. The van der Waals surface area contributed by atoms with E-state index in [1.807, 2.05) is 0 Å². The molecule has 0 fully saturated rings. The summed E-state index contributed by atoms with van der Waals surface area (Å²) in [4.78, 5) is 12.0. The first-order chi connectivity index (χ1) is 6.75. The van der Waals surface area contributed by atoms with Gasteiger partial charge in [0.2, 0.25) is 0 Å². The fourth-order valence-electron chi connectivity index (χ4n) is 0.936. The van der Waals surface area contributed by atoms with E-state index in [0.29, 0.717) is 16.5 Å². The van der Waals surface area contributed by atoms with E-state index in [1.165, 1.54) is 0 Å². The fraction of sp³-hybridized carbons (Fsp3) is 0.125. The monoisotopic (exact) mass is 209 g/mol. The number of hydrogen-bond acceptors (Lipinski definition) is 5. The lowest BCUT2D eigenvalue weighted by atomic mass is 10.4. The van der Waals surface area contributed by atoms with E-state index in [1.54, 1.807) is 25.3 Å². The van der Waals surface area contributed by atoms with Crippen molar-refractivity contribution < 1.29 is 9.32 Å². The first-order valence-electron chi connectivity index (χ1n) is 3.91. The number of amides is 1. The largest absolute Gasteiger partial charge is 0.360 e. The molecule has 2 heterocycles. The van der Waals surface area contributed by atoms with Crippen LogP contribution >= 0.6 is 11.5 Å². The zero-order chi connectivity index (χ0) is 9.97. The Labute approximate surface area is 83.9 Å². The summed E-state index contributed by atoms with van der Waals surface area (Å²) in [6.45, 7) is 1.76. The molecule has 1 amide bonds. The van der Waals surface area contributed by atoms with Crippen molar-refractivity contribution in [2.45, 2.75) is 6.92 Å². The number of hydrogen-bond donors (Lipinski definition) is 1. The Kier molecular flexibility index (Phi) is 2.28. The summed E-state index contributed by atoms with van der Waals surface area (Å²) in [5.74, 6) is 0.853. The molecule has 2 aromatic rings. The van der Waals surface area contributed by atoms with Crippen LogP contribution < -0.4 is 5.32 Å². The van der Waals surface area contributed by atoms with Gasteiger partial charge in [-0.05, 0) is 24.5 Å². The third-order valence-corrected chi connectivity index (χ3v) is 2.28. The first-order valence-corrected chi connectivity index (χ1v) is 4.68. The highest BCUT2D eigenvalue weighted by Crippen LogP contribution is 2.11. The zero-order valence-corrected chi connectivity index (χ0v) is 8.17. The lowest BCUT2D eigenvalue weighted by Gasteiger charge is -1.95. The van der Waals surface area contributed by atoms with Crippen LogP contribution in [0.4, 0.5) is 5.82 Å². The quantitative estimate of drug-likeness (QED) is 0.817. The Morgan fingerprint density at radius 2 is 2.50 bits per heavy atom. The van der Waals surface area contributed by atoms with Crippen molar-refractivity contribution >= 4 is 23.3 Å². The minimum atomic E-state index is -0.221. The molecule has 2 rings (SSSR count). The van der Waals surface area contributed by atoms with Gasteiger partial charge >= 0.3 is 0 Å². The average Bonchev–Trinajstić information content (AvgIpc) is 2.75. The maximum absolute atomic E-state index is 11.5. The molecule has 0 aliphatic rings.